The first-order valence-corrected chi connectivity index (χ1v) is 12.0. The normalized spacial score (nSPS) is 21.2. The number of nitrogens with one attached hydrogen (secondary N) is 1. The summed E-state index contributed by atoms with van der Waals surface area (Å²) in [5.74, 6) is -2.66. The van der Waals surface area contributed by atoms with E-state index >= 15 is 0 Å². The van der Waals surface area contributed by atoms with Crippen LogP contribution in [0.5, 0.6) is 0 Å². The second-order valence-corrected chi connectivity index (χ2v) is 10.3. The van der Waals surface area contributed by atoms with E-state index in [1.165, 1.54) is 45.3 Å². The highest BCUT2D eigenvalue weighted by molar-refractivity contribution is 7.89. The summed E-state index contributed by atoms with van der Waals surface area (Å²) in [6.07, 6.45) is 3.42. The second kappa shape index (κ2) is 9.84. The zero-order chi connectivity index (χ0) is 24.3. The number of fused-ring (bicyclic) bond motifs is 1. The number of esters is 1. The number of hydrogen-bond donors (Lipinski definition) is 1. The van der Waals surface area contributed by atoms with Crippen LogP contribution in [0.1, 0.15) is 26.2 Å². The molecule has 3 rings (SSSR count). The lowest BCUT2D eigenvalue weighted by molar-refractivity contribution is -0.154. The van der Waals surface area contributed by atoms with Gasteiger partial charge in [0.15, 0.2) is 6.10 Å². The third kappa shape index (κ3) is 5.31. The molecule has 0 aromatic heterocycles. The lowest BCUT2D eigenvalue weighted by Crippen LogP contribution is -2.35. The predicted octanol–water partition coefficient (Wildman–Crippen LogP) is 1.15. The Morgan fingerprint density at radius 2 is 1.76 bits per heavy atom. The predicted molar refractivity (Wildman–Crippen MR) is 118 cm³/mol. The number of sulfonamides is 1. The first-order valence-electron chi connectivity index (χ1n) is 10.6. The average Bonchev–Trinajstić information content (AvgIpc) is 3.02. The number of nitrogens with zero attached hydrogens (tertiary/aromatic N) is 2. The van der Waals surface area contributed by atoms with Crippen molar-refractivity contribution in [3.63, 3.8) is 0 Å². The topological polar surface area (TPSA) is 130 Å². The van der Waals surface area contributed by atoms with Crippen molar-refractivity contribution in [2.24, 2.45) is 11.8 Å². The van der Waals surface area contributed by atoms with Crippen LogP contribution in [0.25, 0.3) is 0 Å². The van der Waals surface area contributed by atoms with Gasteiger partial charge in [-0.25, -0.2) is 12.7 Å². The first-order chi connectivity index (χ1) is 15.5. The number of anilines is 1. The highest BCUT2D eigenvalue weighted by Crippen LogP contribution is 2.35. The van der Waals surface area contributed by atoms with Crippen LogP contribution in [0.2, 0.25) is 0 Å². The molecule has 0 saturated carbocycles. The van der Waals surface area contributed by atoms with Crippen molar-refractivity contribution in [2.75, 3.05) is 26.0 Å². The van der Waals surface area contributed by atoms with Crippen LogP contribution in [0, 0.1) is 11.8 Å². The largest absolute Gasteiger partial charge is 0.452 e. The van der Waals surface area contributed by atoms with Gasteiger partial charge in [0, 0.05) is 26.3 Å². The van der Waals surface area contributed by atoms with Gasteiger partial charge in [0.25, 0.3) is 5.91 Å². The van der Waals surface area contributed by atoms with Crippen molar-refractivity contribution in [1.29, 1.82) is 0 Å². The fourth-order valence-electron chi connectivity index (χ4n) is 3.79. The van der Waals surface area contributed by atoms with Gasteiger partial charge in [0.05, 0.1) is 23.2 Å². The SMILES string of the molecule is CC(OC(=O)CCN1C(=O)C2CC=CCC2C1=O)C(=O)Nc1cccc(S(=O)(=O)N(C)C)c1. The summed E-state index contributed by atoms with van der Waals surface area (Å²) in [5.41, 5.74) is 0.232. The van der Waals surface area contributed by atoms with Crippen LogP contribution < -0.4 is 5.32 Å². The molecule has 0 spiro atoms. The molecule has 0 radical (unpaired) electrons. The molecular formula is C22H27N3O7S. The molecule has 1 aromatic carbocycles. The van der Waals surface area contributed by atoms with Crippen molar-refractivity contribution >= 4 is 39.4 Å². The summed E-state index contributed by atoms with van der Waals surface area (Å²) in [7, 11) is -0.876. The summed E-state index contributed by atoms with van der Waals surface area (Å²) in [6, 6.07) is 5.71. The van der Waals surface area contributed by atoms with Crippen LogP contribution in [0.4, 0.5) is 5.69 Å². The molecule has 1 aliphatic carbocycles. The maximum atomic E-state index is 12.4. The van der Waals surface area contributed by atoms with Crippen LogP contribution >= 0.6 is 0 Å². The Hall–Kier alpha value is -3.05. The monoisotopic (exact) mass is 477 g/mol. The van der Waals surface area contributed by atoms with Gasteiger partial charge < -0.3 is 10.1 Å². The number of benzene rings is 1. The van der Waals surface area contributed by atoms with E-state index in [4.69, 9.17) is 4.74 Å². The van der Waals surface area contributed by atoms with Gasteiger partial charge >= 0.3 is 5.97 Å². The average molecular weight is 478 g/mol. The van der Waals surface area contributed by atoms with Gasteiger partial charge in [-0.05, 0) is 38.0 Å². The fraction of sp³-hybridized carbons (Fsp3) is 0.455. The summed E-state index contributed by atoms with van der Waals surface area (Å²) in [4.78, 5) is 50.6. The number of allylic oxidation sites excluding steroid dienone is 2. The number of hydrogen-bond acceptors (Lipinski definition) is 7. The molecule has 1 aliphatic heterocycles. The number of carbonyl (C=O) groups is 4. The van der Waals surface area contributed by atoms with Gasteiger partial charge in [0.1, 0.15) is 0 Å². The molecule has 2 aliphatic rings. The molecule has 1 saturated heterocycles. The van der Waals surface area contributed by atoms with E-state index in [1.807, 2.05) is 12.2 Å². The Kier molecular flexibility index (Phi) is 7.33. The molecule has 1 heterocycles. The van der Waals surface area contributed by atoms with Crippen LogP contribution in [-0.2, 0) is 33.9 Å². The zero-order valence-corrected chi connectivity index (χ0v) is 19.5. The smallest absolute Gasteiger partial charge is 0.308 e. The molecule has 1 fully saturated rings. The molecule has 178 valence electrons. The van der Waals surface area contributed by atoms with Gasteiger partial charge in [-0.1, -0.05) is 18.2 Å². The van der Waals surface area contributed by atoms with Crippen molar-refractivity contribution < 1.29 is 32.3 Å². The summed E-state index contributed by atoms with van der Waals surface area (Å²) < 4.78 is 30.7. The number of carbonyl (C=O) groups excluding carboxylic acids is 4. The minimum atomic E-state index is -3.67. The molecule has 0 bridgehead atoms. The quantitative estimate of drug-likeness (QED) is 0.338. The summed E-state index contributed by atoms with van der Waals surface area (Å²) in [6.45, 7) is 1.28. The fourth-order valence-corrected chi connectivity index (χ4v) is 4.74. The molecular weight excluding hydrogens is 450 g/mol. The summed E-state index contributed by atoms with van der Waals surface area (Å²) >= 11 is 0. The van der Waals surface area contributed by atoms with Crippen LogP contribution in [0.3, 0.4) is 0 Å². The lowest BCUT2D eigenvalue weighted by Gasteiger charge is -2.17. The number of rotatable bonds is 8. The third-order valence-corrected chi connectivity index (χ3v) is 7.51. The highest BCUT2D eigenvalue weighted by Gasteiger charge is 2.47. The van der Waals surface area contributed by atoms with E-state index < -0.39 is 28.0 Å². The Morgan fingerprint density at radius 1 is 1.15 bits per heavy atom. The lowest BCUT2D eigenvalue weighted by atomic mass is 9.85. The standard InChI is InChI=1S/C22H27N3O7S/c1-14(20(27)23-15-7-6-8-16(13-15)33(30,31)24(2)3)32-19(26)11-12-25-21(28)17-9-4-5-10-18(17)22(25)29/h4-8,13-14,17-18H,9-12H2,1-3H3,(H,23,27). The van der Waals surface area contributed by atoms with Gasteiger partial charge in [0.2, 0.25) is 21.8 Å². The van der Waals surface area contributed by atoms with Crippen molar-refractivity contribution in [3.8, 4) is 0 Å². The molecule has 3 amide bonds. The summed E-state index contributed by atoms with van der Waals surface area (Å²) in [5, 5.41) is 2.52. The maximum Gasteiger partial charge on any atom is 0.308 e. The Balaban J connectivity index is 1.53. The minimum absolute atomic E-state index is 0.00524. The van der Waals surface area contributed by atoms with E-state index in [0.29, 0.717) is 12.8 Å². The molecule has 1 aromatic rings. The number of imide groups is 1. The molecule has 3 atom stereocenters. The molecule has 10 nitrogen and oxygen atoms in total. The minimum Gasteiger partial charge on any atom is -0.452 e. The van der Waals surface area contributed by atoms with Crippen LogP contribution in [-0.4, -0.2) is 68.1 Å². The highest BCUT2D eigenvalue weighted by atomic mass is 32.2. The Morgan fingerprint density at radius 3 is 2.33 bits per heavy atom. The molecule has 3 unspecified atom stereocenters. The second-order valence-electron chi connectivity index (χ2n) is 8.17. The van der Waals surface area contributed by atoms with Gasteiger partial charge in [-0.2, -0.15) is 0 Å². The van der Waals surface area contributed by atoms with E-state index in [1.54, 1.807) is 0 Å². The van der Waals surface area contributed by atoms with E-state index in [0.717, 1.165) is 9.21 Å². The van der Waals surface area contributed by atoms with E-state index in [2.05, 4.69) is 5.32 Å². The van der Waals surface area contributed by atoms with Crippen LogP contribution in [0.15, 0.2) is 41.3 Å². The van der Waals surface area contributed by atoms with E-state index in [9.17, 15) is 27.6 Å². The number of likely N-dealkylation sites (tertiary alicyclic amines) is 1. The maximum absolute atomic E-state index is 12.4. The first kappa shape index (κ1) is 24.6. The molecule has 1 N–H and O–H groups in total. The van der Waals surface area contributed by atoms with Crippen molar-refractivity contribution in [2.45, 2.75) is 37.2 Å². The third-order valence-electron chi connectivity index (χ3n) is 5.70. The zero-order valence-electron chi connectivity index (χ0n) is 18.7. The van der Waals surface area contributed by atoms with E-state index in [-0.39, 0.29) is 47.2 Å². The number of amides is 3. The molecule has 11 heteroatoms. The van der Waals surface area contributed by atoms with Crippen molar-refractivity contribution in [1.82, 2.24) is 9.21 Å². The van der Waals surface area contributed by atoms with Gasteiger partial charge in [-0.3, -0.25) is 24.1 Å². The van der Waals surface area contributed by atoms with Crippen molar-refractivity contribution in [3.05, 3.63) is 36.4 Å². The number of ether oxygens (including phenoxy) is 1. The Labute approximate surface area is 192 Å². The Bertz CT molecular complexity index is 1070. The van der Waals surface area contributed by atoms with Gasteiger partial charge in [-0.15, -0.1) is 0 Å². The molecule has 33 heavy (non-hydrogen) atoms.